The lowest BCUT2D eigenvalue weighted by Crippen LogP contribution is -2.94. The number of hydrogen-bond donors (Lipinski definition) is 2. The minimum atomic E-state index is -3.85. The Morgan fingerprint density at radius 1 is 0.404 bits per heavy atom. The number of halogens is 1. The first-order chi connectivity index (χ1) is 46.0. The third kappa shape index (κ3) is 22.3. The number of aromatic nitrogens is 2. The number of aryl methyl sites for hydroxylation is 2. The van der Waals surface area contributed by atoms with E-state index < -0.39 is 179 Å². The molecule has 0 unspecified atom stereocenters. The molecule has 2 amide bonds. The van der Waals surface area contributed by atoms with Gasteiger partial charge in [0.25, 0.3) is 20.0 Å². The Morgan fingerprint density at radius 2 is 0.677 bits per heavy atom. The molecular formula is C35H30B48BrN5O8S2. The number of rotatable bonds is 28. The molecule has 64 heteroatoms. The molecule has 50 radical (unpaired) electrons. The van der Waals surface area contributed by atoms with Crippen molar-refractivity contribution in [1.82, 2.24) is 7.94 Å². The van der Waals surface area contributed by atoms with Crippen LogP contribution in [0.5, 0.6) is 0 Å². The van der Waals surface area contributed by atoms with Gasteiger partial charge in [-0.05, 0) is 74.5 Å². The molecule has 13 nitrogen and oxygen atoms in total. The molecule has 6 rings (SSSR count). The van der Waals surface area contributed by atoms with E-state index in [1.165, 1.54) is 54.9 Å². The number of carbonyl (C=O) groups is 2. The average Bonchev–Trinajstić information content (AvgIpc) is 1.11. The molecule has 6 aromatic rings. The number of fused-ring (bicyclic) bond motifs is 2. The topological polar surface area (TPSA) is 179 Å². The third-order valence-corrected chi connectivity index (χ3v) is 21.5. The molecule has 406 valence electrons. The van der Waals surface area contributed by atoms with Gasteiger partial charge in [-0.2, -0.15) is 5.26 Å². The molecule has 0 aliphatic heterocycles. The SMILES string of the molecule is COC(=O)Nc1cc(Br)c2ccn(S(=O)(=O)c3ccc(C)cc3)c2c1.COC(=O)Nc1cc(C#N)c2ccn(S(=O)(=O)c3ccc(C)cc3)c2c1.[B]B([B])B([B])B(B([B])[B])B(B(B([B])[B])B([B])[B])B(B(B(B([B])[B])B([B])[B])B(B([B])[B])B([B])[B])B(B(B([B])[B])B([B])[B])B(B([B])[B])B([B])[B]. The van der Waals surface area contributed by atoms with E-state index in [-0.39, 0.29) is 26.6 Å². The van der Waals surface area contributed by atoms with Crippen LogP contribution in [0.15, 0.2) is 112 Å². The van der Waals surface area contributed by atoms with Gasteiger partial charge in [-0.1, -0.05) is 51.3 Å². The maximum atomic E-state index is 13.0. The maximum Gasteiger partial charge on any atom is 0.411 e. The molecule has 2 heterocycles. The largest absolute Gasteiger partial charge is 0.453 e. The van der Waals surface area contributed by atoms with Gasteiger partial charge in [-0.3, -0.25) is 10.6 Å². The summed E-state index contributed by atoms with van der Waals surface area (Å²) in [6.45, 7) is 3.76. The number of anilines is 2. The van der Waals surface area contributed by atoms with E-state index in [1.54, 1.807) is 60.7 Å². The van der Waals surface area contributed by atoms with Crippen LogP contribution >= 0.6 is 15.9 Å². The number of nitriles is 1. The van der Waals surface area contributed by atoms with Gasteiger partial charge in [0.2, 0.25) is 0 Å². The van der Waals surface area contributed by atoms with Crippen LogP contribution < -0.4 is 10.6 Å². The van der Waals surface area contributed by atoms with Gasteiger partial charge in [0.1, 0.15) is 0 Å². The van der Waals surface area contributed by atoms with Crippen LogP contribution in [0.1, 0.15) is 16.7 Å². The van der Waals surface area contributed by atoms with Crippen molar-refractivity contribution in [2.75, 3.05) is 24.9 Å². The summed E-state index contributed by atoms with van der Waals surface area (Å²) in [4.78, 5) is 23.2. The zero-order valence-corrected chi connectivity index (χ0v) is 58.5. The first-order valence-electron chi connectivity index (χ1n) is 30.6. The van der Waals surface area contributed by atoms with Gasteiger partial charge in [-0.25, -0.2) is 34.4 Å². The van der Waals surface area contributed by atoms with Gasteiger partial charge in [0.05, 0.1) is 46.7 Å². The van der Waals surface area contributed by atoms with E-state index in [9.17, 15) is 31.7 Å². The predicted molar refractivity (Wildman–Crippen MR) is 472 cm³/mol. The average molecular weight is 1310 g/mol. The van der Waals surface area contributed by atoms with Crippen LogP contribution in [0.2, 0.25) is 0 Å². The lowest BCUT2D eigenvalue weighted by atomic mass is 8.25. The summed E-state index contributed by atoms with van der Waals surface area (Å²) in [5.41, 5.74) is 3.58. The third-order valence-electron chi connectivity index (χ3n) is 17.4. The molecule has 0 saturated heterocycles. The Balaban J connectivity index is 0.000000341. The molecule has 99 heavy (non-hydrogen) atoms. The quantitative estimate of drug-likeness (QED) is 0.0452. The Morgan fingerprint density at radius 3 is 0.960 bits per heavy atom. The molecule has 0 spiro atoms. The van der Waals surface area contributed by atoms with Crippen LogP contribution in [-0.2, 0) is 29.5 Å². The number of amides is 2. The number of hydrogen-bond acceptors (Lipinski definition) is 9. The minimum absolute atomic E-state index is 0.130. The van der Waals surface area contributed by atoms with Crippen LogP contribution in [0.3, 0.4) is 0 Å². The number of ether oxygens (including phenoxy) is 2. The second kappa shape index (κ2) is 39.2. The minimum Gasteiger partial charge on any atom is -0.453 e. The van der Waals surface area contributed by atoms with Gasteiger partial charge in [0, 0.05) is 379 Å². The number of nitrogens with one attached hydrogen (secondary N) is 2. The Kier molecular flexibility index (Phi) is 35.2. The van der Waals surface area contributed by atoms with Crippen molar-refractivity contribution in [3.05, 3.63) is 118 Å². The van der Waals surface area contributed by atoms with E-state index in [0.29, 0.717) is 26.4 Å². The van der Waals surface area contributed by atoms with E-state index in [1.807, 2.05) is 19.9 Å². The summed E-state index contributed by atoms with van der Waals surface area (Å²) in [6.07, 6.45) is -27.5. The maximum absolute atomic E-state index is 13.0. The molecule has 0 atom stereocenters. The van der Waals surface area contributed by atoms with E-state index >= 15 is 0 Å². The molecular weight excluding hydrogens is 1280 g/mol. The van der Waals surface area contributed by atoms with Crippen molar-refractivity contribution in [3.8, 4) is 6.07 Å². The summed E-state index contributed by atoms with van der Waals surface area (Å²) in [7, 11) is 155. The molecule has 0 bridgehead atoms. The summed E-state index contributed by atoms with van der Waals surface area (Å²) in [5, 5.41) is 15.5. The first kappa shape index (κ1) is 88.9. The fraction of sp³-hybridized carbons (Fsp3) is 0.114. The van der Waals surface area contributed by atoms with E-state index in [0.717, 1.165) is 15.1 Å². The van der Waals surface area contributed by atoms with Crippen LogP contribution in [0.4, 0.5) is 21.0 Å². The highest BCUT2D eigenvalue weighted by atomic mass is 79.9. The smallest absolute Gasteiger partial charge is 0.411 e. The molecule has 0 aliphatic carbocycles. The molecule has 2 aromatic heterocycles. The molecule has 0 aliphatic rings. The second-order valence-electron chi connectivity index (χ2n) is 24.3. The standard InChI is InChI=1S/C18H15N3O4S.C17H15BrN2O4S.B48/c1-12-3-5-15(6-4-12)26(23,24)21-8-7-16-13(11-19)9-14(10-17(16)21)20-18(22)25-2;1-11-3-5-13(6-4-11)25(22,23)20-8-7-14-15(18)9-12(10-16(14)20)19-17(21)24-2;1-26(2)38(25)44(37(23)24)47(43(35(19)20)36(21)22)48(45(39(27(3)4)28(5)6)40(29(7)8)30(9)10)46(41(31(11)12)32(13)14)42(33(15)16)34(17)18/h3-10H,1-2H3,(H,20,22);3-10H,1-2H3,(H,19,21);. The van der Waals surface area contributed by atoms with Gasteiger partial charge >= 0.3 is 12.2 Å². The molecule has 2 N–H and O–H groups in total. The second-order valence-corrected chi connectivity index (χ2v) is 28.8. The molecule has 0 saturated carbocycles. The van der Waals surface area contributed by atoms with Crippen molar-refractivity contribution in [2.24, 2.45) is 0 Å². The Labute approximate surface area is 638 Å². The number of nitrogens with zero attached hydrogens (tertiary/aromatic N) is 3. The highest BCUT2D eigenvalue weighted by Crippen LogP contribution is 2.33. The normalized spacial score (nSPS) is 10.5. The highest BCUT2D eigenvalue weighted by molar-refractivity contribution is 9.10. The fourth-order valence-electron chi connectivity index (χ4n) is 13.0. The molecule has 4 aromatic carbocycles. The lowest BCUT2D eigenvalue weighted by molar-refractivity contribution is 0.186. The number of methoxy groups -OCH3 is 2. The summed E-state index contributed by atoms with van der Waals surface area (Å²) >= 11 is 3.41. The zero-order valence-electron chi connectivity index (χ0n) is 55.3. The van der Waals surface area contributed by atoms with Gasteiger partial charge in [-0.15, -0.1) is 0 Å². The van der Waals surface area contributed by atoms with Crippen molar-refractivity contribution in [1.29, 1.82) is 5.26 Å². The summed E-state index contributed by atoms with van der Waals surface area (Å²) in [6, 6.07) is 24.6. The van der Waals surface area contributed by atoms with Crippen molar-refractivity contribution < 1.29 is 35.9 Å². The summed E-state index contributed by atoms with van der Waals surface area (Å²) < 4.78 is 63.9. The Bertz CT molecular complexity index is 3770. The monoisotopic (exact) mass is 1320 g/mol. The molecule has 0 fully saturated rings. The van der Waals surface area contributed by atoms with Crippen molar-refractivity contribution in [3.63, 3.8) is 0 Å². The fourth-order valence-corrected chi connectivity index (χ4v) is 16.2. The van der Waals surface area contributed by atoms with Crippen molar-refractivity contribution >= 4 is 422 Å². The number of benzene rings is 4. The number of carbonyl (C=O) groups excluding carboxylic acids is 2. The van der Waals surface area contributed by atoms with Gasteiger partial charge in [0.15, 0.2) is 0 Å². The zero-order chi connectivity index (χ0) is 75.4. The Hall–Kier alpha value is -2.51. The van der Waals surface area contributed by atoms with Crippen LogP contribution in [-0.4, -0.2) is 391 Å². The highest BCUT2D eigenvalue weighted by Gasteiger charge is 2.59. The van der Waals surface area contributed by atoms with E-state index in [2.05, 4.69) is 36.0 Å². The van der Waals surface area contributed by atoms with Crippen LogP contribution in [0.25, 0.3) is 21.8 Å². The van der Waals surface area contributed by atoms with Crippen molar-refractivity contribution in [2.45, 2.75) is 23.6 Å². The van der Waals surface area contributed by atoms with Gasteiger partial charge < -0.3 is 9.47 Å². The first-order valence-corrected chi connectivity index (χ1v) is 34.2. The van der Waals surface area contributed by atoms with Crippen LogP contribution in [0, 0.1) is 25.2 Å². The lowest BCUT2D eigenvalue weighted by Gasteiger charge is -2.56. The summed E-state index contributed by atoms with van der Waals surface area (Å²) in [5.74, 6) is 0. The predicted octanol–water partition coefficient (Wildman–Crippen LogP) is -10.9. The van der Waals surface area contributed by atoms with E-state index in [4.69, 9.17) is 193 Å².